The van der Waals surface area contributed by atoms with E-state index in [0.717, 1.165) is 41.0 Å². The summed E-state index contributed by atoms with van der Waals surface area (Å²) in [6, 6.07) is 7.42. The van der Waals surface area contributed by atoms with Gasteiger partial charge in [-0.25, -0.2) is 4.98 Å². The van der Waals surface area contributed by atoms with Gasteiger partial charge >= 0.3 is 5.97 Å². The zero-order valence-electron chi connectivity index (χ0n) is 17.2. The summed E-state index contributed by atoms with van der Waals surface area (Å²) in [5.74, 6) is -0.941. The fraction of sp³-hybridized carbons (Fsp3) is 0.364. The van der Waals surface area contributed by atoms with Crippen LogP contribution < -0.4 is 10.9 Å². The largest absolute Gasteiger partial charge is 0.456 e. The van der Waals surface area contributed by atoms with Crippen molar-refractivity contribution in [3.63, 3.8) is 0 Å². The Bertz CT molecular complexity index is 1190. The van der Waals surface area contributed by atoms with Gasteiger partial charge < -0.3 is 10.1 Å². The molecule has 1 amide bonds. The molecule has 0 bridgehead atoms. The molecule has 0 saturated carbocycles. The number of fused-ring (bicyclic) bond motifs is 3. The number of aromatic nitrogens is 2. The predicted molar refractivity (Wildman–Crippen MR) is 123 cm³/mol. The van der Waals surface area contributed by atoms with Crippen LogP contribution in [0.5, 0.6) is 0 Å². The average molecular weight is 458 g/mol. The first-order valence-corrected chi connectivity index (χ1v) is 12.2. The molecular formula is C22H23N3O4S2. The minimum absolute atomic E-state index is 0.00530. The number of nitrogens with zero attached hydrogens (tertiary/aromatic N) is 2. The smallest absolute Gasteiger partial charge is 0.308 e. The van der Waals surface area contributed by atoms with Crippen molar-refractivity contribution in [3.8, 4) is 0 Å². The summed E-state index contributed by atoms with van der Waals surface area (Å²) in [5, 5.41) is 3.40. The molecule has 2 heterocycles. The number of anilines is 1. The predicted octanol–water partition coefficient (Wildman–Crippen LogP) is 3.63. The van der Waals surface area contributed by atoms with Crippen LogP contribution in [-0.2, 0) is 33.7 Å². The third kappa shape index (κ3) is 4.99. The third-order valence-electron chi connectivity index (χ3n) is 5.22. The molecule has 1 aromatic carbocycles. The van der Waals surface area contributed by atoms with E-state index < -0.39 is 11.9 Å². The number of carbonyl (C=O) groups is 2. The van der Waals surface area contributed by atoms with E-state index in [-0.39, 0.29) is 25.1 Å². The molecule has 2 aromatic heterocycles. The van der Waals surface area contributed by atoms with E-state index >= 15 is 0 Å². The Morgan fingerprint density at radius 3 is 2.97 bits per heavy atom. The van der Waals surface area contributed by atoms with E-state index in [2.05, 4.69) is 10.3 Å². The Balaban J connectivity index is 1.32. The molecule has 162 valence electrons. The van der Waals surface area contributed by atoms with E-state index in [0.29, 0.717) is 11.1 Å². The minimum atomic E-state index is -0.535. The molecule has 9 heteroatoms. The van der Waals surface area contributed by atoms with Crippen LogP contribution in [-0.4, -0.2) is 34.3 Å². The summed E-state index contributed by atoms with van der Waals surface area (Å²) in [5.41, 5.74) is 1.67. The van der Waals surface area contributed by atoms with E-state index in [1.165, 1.54) is 15.8 Å². The first kappa shape index (κ1) is 21.6. The molecule has 7 nitrogen and oxygen atoms in total. The van der Waals surface area contributed by atoms with Crippen molar-refractivity contribution < 1.29 is 14.3 Å². The first-order chi connectivity index (χ1) is 15.0. The second kappa shape index (κ2) is 9.65. The molecular weight excluding hydrogens is 434 g/mol. The van der Waals surface area contributed by atoms with Crippen molar-refractivity contribution in [1.82, 2.24) is 9.55 Å². The highest BCUT2D eigenvalue weighted by atomic mass is 32.2. The summed E-state index contributed by atoms with van der Waals surface area (Å²) in [6.07, 6.45) is 7.59. The molecule has 0 aliphatic heterocycles. The maximum absolute atomic E-state index is 12.9. The van der Waals surface area contributed by atoms with Crippen molar-refractivity contribution in [3.05, 3.63) is 51.4 Å². The van der Waals surface area contributed by atoms with Crippen molar-refractivity contribution in [2.45, 2.75) is 43.5 Å². The second-order valence-electron chi connectivity index (χ2n) is 7.32. The van der Waals surface area contributed by atoms with Crippen molar-refractivity contribution in [1.29, 1.82) is 0 Å². The standard InChI is InChI=1S/C22H23N3O4S2/c1-30-15-6-4-5-14(11-15)24-18(26)12-29-19(27)9-10-25-13-23-21-20(22(25)28)16-7-2-3-8-17(16)31-21/h4-6,11,13H,2-3,7-10,12H2,1H3,(H,24,26). The number of aryl methyl sites for hydroxylation is 3. The quantitative estimate of drug-likeness (QED) is 0.430. The Morgan fingerprint density at radius 2 is 2.13 bits per heavy atom. The zero-order chi connectivity index (χ0) is 21.8. The number of carbonyl (C=O) groups excluding carboxylic acids is 2. The average Bonchev–Trinajstić information content (AvgIpc) is 3.16. The van der Waals surface area contributed by atoms with Crippen molar-refractivity contribution >= 4 is 50.9 Å². The monoisotopic (exact) mass is 457 g/mol. The van der Waals surface area contributed by atoms with Gasteiger partial charge in [-0.3, -0.25) is 19.0 Å². The van der Waals surface area contributed by atoms with Gasteiger partial charge in [0.05, 0.1) is 18.1 Å². The molecule has 0 fully saturated rings. The highest BCUT2D eigenvalue weighted by Crippen LogP contribution is 2.33. The zero-order valence-corrected chi connectivity index (χ0v) is 18.8. The molecule has 0 radical (unpaired) electrons. The lowest BCUT2D eigenvalue weighted by atomic mass is 9.97. The second-order valence-corrected chi connectivity index (χ2v) is 9.29. The van der Waals surface area contributed by atoms with Crippen LogP contribution in [0.3, 0.4) is 0 Å². The molecule has 1 aliphatic rings. The molecule has 4 rings (SSSR count). The van der Waals surface area contributed by atoms with Crippen LogP contribution >= 0.6 is 23.1 Å². The van der Waals surface area contributed by atoms with Crippen LogP contribution in [0.25, 0.3) is 10.2 Å². The summed E-state index contributed by atoms with van der Waals surface area (Å²) in [7, 11) is 0. The number of nitrogens with one attached hydrogen (secondary N) is 1. The van der Waals surface area contributed by atoms with Gasteiger partial charge in [0.25, 0.3) is 11.5 Å². The molecule has 1 N–H and O–H groups in total. The molecule has 0 unspecified atom stereocenters. The summed E-state index contributed by atoms with van der Waals surface area (Å²) >= 11 is 3.17. The van der Waals surface area contributed by atoms with Crippen LogP contribution in [0.4, 0.5) is 5.69 Å². The first-order valence-electron chi connectivity index (χ1n) is 10.1. The van der Waals surface area contributed by atoms with E-state index in [9.17, 15) is 14.4 Å². The van der Waals surface area contributed by atoms with E-state index in [1.54, 1.807) is 29.2 Å². The molecule has 31 heavy (non-hydrogen) atoms. The highest BCUT2D eigenvalue weighted by Gasteiger charge is 2.20. The van der Waals surface area contributed by atoms with Crippen molar-refractivity contribution in [2.24, 2.45) is 0 Å². The van der Waals surface area contributed by atoms with Gasteiger partial charge in [0.2, 0.25) is 0 Å². The summed E-state index contributed by atoms with van der Waals surface area (Å²) in [6.45, 7) is -0.199. The van der Waals surface area contributed by atoms with Crippen LogP contribution in [0.2, 0.25) is 0 Å². The molecule has 0 atom stereocenters. The Morgan fingerprint density at radius 1 is 1.29 bits per heavy atom. The van der Waals surface area contributed by atoms with E-state index in [1.807, 2.05) is 24.5 Å². The van der Waals surface area contributed by atoms with Gasteiger partial charge in [0.1, 0.15) is 4.83 Å². The normalized spacial score (nSPS) is 13.1. The van der Waals surface area contributed by atoms with Crippen LogP contribution in [0, 0.1) is 0 Å². The number of benzene rings is 1. The maximum atomic E-state index is 12.9. The number of ether oxygens (including phenoxy) is 1. The Hall–Kier alpha value is -2.65. The number of thiophene rings is 1. The fourth-order valence-electron chi connectivity index (χ4n) is 3.67. The lowest BCUT2D eigenvalue weighted by Gasteiger charge is -2.10. The summed E-state index contributed by atoms with van der Waals surface area (Å²) < 4.78 is 6.52. The van der Waals surface area contributed by atoms with Gasteiger partial charge in [-0.1, -0.05) is 6.07 Å². The van der Waals surface area contributed by atoms with Crippen molar-refractivity contribution in [2.75, 3.05) is 18.2 Å². The SMILES string of the molecule is CSc1cccc(NC(=O)COC(=O)CCn2cnc3sc4c(c3c2=O)CCCC4)c1. The topological polar surface area (TPSA) is 90.3 Å². The molecule has 0 saturated heterocycles. The number of rotatable bonds is 7. The van der Waals surface area contributed by atoms with Gasteiger partial charge in [-0.05, 0) is 55.7 Å². The Kier molecular flexibility index (Phi) is 6.72. The summed E-state index contributed by atoms with van der Waals surface area (Å²) in [4.78, 5) is 44.5. The van der Waals surface area contributed by atoms with Gasteiger partial charge in [-0.15, -0.1) is 23.1 Å². The molecule has 0 spiro atoms. The van der Waals surface area contributed by atoms with E-state index in [4.69, 9.17) is 4.74 Å². The minimum Gasteiger partial charge on any atom is -0.456 e. The number of amides is 1. The highest BCUT2D eigenvalue weighted by molar-refractivity contribution is 7.98. The lowest BCUT2D eigenvalue weighted by Crippen LogP contribution is -2.24. The number of hydrogen-bond donors (Lipinski definition) is 1. The molecule has 3 aromatic rings. The lowest BCUT2D eigenvalue weighted by molar-refractivity contribution is -0.147. The van der Waals surface area contributed by atoms with Gasteiger partial charge in [0.15, 0.2) is 6.61 Å². The van der Waals surface area contributed by atoms with Gasteiger partial charge in [-0.2, -0.15) is 0 Å². The maximum Gasteiger partial charge on any atom is 0.308 e. The fourth-order valence-corrected chi connectivity index (χ4v) is 5.35. The number of thioether (sulfide) groups is 1. The Labute approximate surface area is 187 Å². The third-order valence-corrected chi connectivity index (χ3v) is 7.14. The number of esters is 1. The van der Waals surface area contributed by atoms with Gasteiger partial charge in [0, 0.05) is 22.0 Å². The molecule has 1 aliphatic carbocycles. The number of hydrogen-bond acceptors (Lipinski definition) is 7. The van der Waals surface area contributed by atoms with Crippen LogP contribution in [0.15, 0.2) is 40.3 Å². The van der Waals surface area contributed by atoms with Crippen LogP contribution in [0.1, 0.15) is 29.7 Å².